The molecule has 0 atom stereocenters. The predicted molar refractivity (Wildman–Crippen MR) is 23.8 cm³/mol. The third-order valence-corrected chi connectivity index (χ3v) is 0. The van der Waals surface area contributed by atoms with Crippen molar-refractivity contribution in [3.8, 4) is 0 Å². The molecule has 0 fully saturated rings. The molecule has 0 bridgehead atoms. The van der Waals surface area contributed by atoms with Gasteiger partial charge in [0.25, 0.3) is 0 Å². The molecule has 6 heteroatoms. The van der Waals surface area contributed by atoms with E-state index in [4.69, 9.17) is 0 Å². The summed E-state index contributed by atoms with van der Waals surface area (Å²) in [5.74, 6) is 0. The van der Waals surface area contributed by atoms with Gasteiger partial charge in [0.1, 0.15) is 0 Å². The number of hydrogen-bond donors (Lipinski definition) is 0. The van der Waals surface area contributed by atoms with Crippen LogP contribution in [-0.4, -0.2) is 56.9 Å². The molecule has 0 aliphatic rings. The quantitative estimate of drug-likeness (QED) is 0.277. The monoisotopic (exact) mass is 113 g/mol. The summed E-state index contributed by atoms with van der Waals surface area (Å²) in [6.45, 7) is 0. The maximum Gasteiger partial charge on any atom is 0 e. The van der Waals surface area contributed by atoms with Crippen molar-refractivity contribution in [1.82, 2.24) is 0 Å². The van der Waals surface area contributed by atoms with Crippen LogP contribution >= 0.6 is 0 Å². The topological polar surface area (TPSA) is 158 Å². The third kappa shape index (κ3) is 108. The van der Waals surface area contributed by atoms with Gasteiger partial charge in [-0.3, -0.25) is 0 Å². The van der Waals surface area contributed by atoms with Gasteiger partial charge in [0.2, 0.25) is 0 Å². The largest absolute Gasteiger partial charge is 0.412 e. The summed E-state index contributed by atoms with van der Waals surface area (Å²) in [6, 6.07) is 0. The zero-order valence-corrected chi connectivity index (χ0v) is 5.50. The molecule has 0 spiro atoms. The molecule has 0 aliphatic heterocycles. The maximum absolute atomic E-state index is 0. The van der Waals surface area contributed by atoms with Crippen LogP contribution in [0.4, 0.5) is 0 Å². The molecule has 0 aromatic heterocycles. The Morgan fingerprint density at radius 1 is 0.333 bits per heavy atom. The minimum atomic E-state index is 0. The molecule has 10 N–H and O–H groups in total. The summed E-state index contributed by atoms with van der Waals surface area (Å²) in [5, 5.41) is 0. The van der Waals surface area contributed by atoms with Crippen LogP contribution in [-0.2, 0) is 0 Å². The van der Waals surface area contributed by atoms with Crippen LogP contribution < -0.4 is 0 Å². The van der Waals surface area contributed by atoms with E-state index in [0.717, 1.165) is 0 Å². The Kier molecular flexibility index (Phi) is 12400. The molecule has 0 aromatic carbocycles. The van der Waals surface area contributed by atoms with E-state index in [1.165, 1.54) is 0 Å². The average molecular weight is 113 g/mol. The van der Waals surface area contributed by atoms with Gasteiger partial charge in [0.05, 0.1) is 0 Å². The van der Waals surface area contributed by atoms with Gasteiger partial charge in [0.15, 0.2) is 0 Å². The zero-order chi connectivity index (χ0) is 0. The fourth-order valence-electron chi connectivity index (χ4n) is 0. The predicted octanol–water partition coefficient (Wildman–Crippen LogP) is -4.50. The molecular weight excluding hydrogens is 103 g/mol. The van der Waals surface area contributed by atoms with Crippen LogP contribution in [0.25, 0.3) is 0 Å². The smallest absolute Gasteiger partial charge is 0 e. The first-order valence-electron chi connectivity index (χ1n) is 0. The Morgan fingerprint density at radius 2 is 0.333 bits per heavy atom. The Bertz CT molecular complexity index is 3.90. The van der Waals surface area contributed by atoms with E-state index in [1.807, 2.05) is 0 Å². The number of rotatable bonds is 0. The van der Waals surface area contributed by atoms with Crippen molar-refractivity contribution in [2.24, 2.45) is 0 Å². The van der Waals surface area contributed by atoms with Gasteiger partial charge in [-0.15, -0.1) is 0 Å². The van der Waals surface area contributed by atoms with Crippen molar-refractivity contribution >= 4 is 29.6 Å². The average Bonchev–Trinajstić information content (AvgIpc) is 0. The molecule has 0 rings (SSSR count). The van der Waals surface area contributed by atoms with Gasteiger partial charge in [-0.2, -0.15) is 0 Å². The molecular formula is H10NaO5. The first kappa shape index (κ1) is 357. The van der Waals surface area contributed by atoms with Crippen LogP contribution in [0.15, 0.2) is 0 Å². The number of hydrogen-bond acceptors (Lipinski definition) is 0. The second-order valence-electron chi connectivity index (χ2n) is 0. The second kappa shape index (κ2) is 209. The molecule has 0 aromatic rings. The van der Waals surface area contributed by atoms with Crippen molar-refractivity contribution in [3.05, 3.63) is 0 Å². The standard InChI is InChI=1S/Na.5H2O/h;5*1H2. The van der Waals surface area contributed by atoms with E-state index >= 15 is 0 Å². The van der Waals surface area contributed by atoms with E-state index in [1.54, 1.807) is 0 Å². The first-order chi connectivity index (χ1) is 0. The molecule has 0 saturated carbocycles. The van der Waals surface area contributed by atoms with Crippen molar-refractivity contribution in [2.75, 3.05) is 0 Å². The summed E-state index contributed by atoms with van der Waals surface area (Å²) < 4.78 is 0. The van der Waals surface area contributed by atoms with E-state index in [9.17, 15) is 0 Å². The minimum absolute atomic E-state index is 0. The summed E-state index contributed by atoms with van der Waals surface area (Å²) in [6.07, 6.45) is 0. The maximum atomic E-state index is 0. The van der Waals surface area contributed by atoms with Crippen molar-refractivity contribution in [2.45, 2.75) is 0 Å². The molecule has 0 unspecified atom stereocenters. The molecule has 1 radical (unpaired) electrons. The fraction of sp³-hybridized carbons (Fsp3) is 0. The Morgan fingerprint density at radius 3 is 0.333 bits per heavy atom. The van der Waals surface area contributed by atoms with Gasteiger partial charge >= 0.3 is 0 Å². The summed E-state index contributed by atoms with van der Waals surface area (Å²) in [7, 11) is 0. The summed E-state index contributed by atoms with van der Waals surface area (Å²) in [5.41, 5.74) is 0. The SMILES string of the molecule is O.O.O.O.O.[Na]. The van der Waals surface area contributed by atoms with E-state index in [2.05, 4.69) is 0 Å². The third-order valence-electron chi connectivity index (χ3n) is 0. The fourth-order valence-corrected chi connectivity index (χ4v) is 0. The second-order valence-corrected chi connectivity index (χ2v) is 0. The van der Waals surface area contributed by atoms with Gasteiger partial charge in [-0.1, -0.05) is 0 Å². The van der Waals surface area contributed by atoms with Gasteiger partial charge in [0, 0.05) is 29.6 Å². The van der Waals surface area contributed by atoms with Crippen LogP contribution in [0, 0.1) is 0 Å². The van der Waals surface area contributed by atoms with Crippen LogP contribution in [0.3, 0.4) is 0 Å². The molecule has 0 amide bonds. The van der Waals surface area contributed by atoms with Gasteiger partial charge in [-0.05, 0) is 0 Å². The van der Waals surface area contributed by atoms with Crippen molar-refractivity contribution < 1.29 is 27.4 Å². The summed E-state index contributed by atoms with van der Waals surface area (Å²) >= 11 is 0. The molecule has 5 nitrogen and oxygen atoms in total. The van der Waals surface area contributed by atoms with Crippen LogP contribution in [0.1, 0.15) is 0 Å². The molecule has 6 heavy (non-hydrogen) atoms. The Balaban J connectivity index is 0. The zero-order valence-electron chi connectivity index (χ0n) is 3.50. The molecule has 0 saturated heterocycles. The normalized spacial score (nSPS) is 0. The molecule has 41 valence electrons. The van der Waals surface area contributed by atoms with E-state index < -0.39 is 0 Å². The minimum Gasteiger partial charge on any atom is -0.412 e. The Labute approximate surface area is 57.2 Å². The first-order valence-corrected chi connectivity index (χ1v) is 0. The van der Waals surface area contributed by atoms with Gasteiger partial charge < -0.3 is 27.4 Å². The van der Waals surface area contributed by atoms with Crippen molar-refractivity contribution in [3.63, 3.8) is 0 Å². The molecule has 0 heterocycles. The Hall–Kier alpha value is 0.800. The van der Waals surface area contributed by atoms with Crippen molar-refractivity contribution in [1.29, 1.82) is 0 Å². The summed E-state index contributed by atoms with van der Waals surface area (Å²) in [4.78, 5) is 0. The van der Waals surface area contributed by atoms with E-state index in [0.29, 0.717) is 0 Å². The van der Waals surface area contributed by atoms with Gasteiger partial charge in [-0.25, -0.2) is 0 Å². The van der Waals surface area contributed by atoms with E-state index in [-0.39, 0.29) is 56.9 Å². The van der Waals surface area contributed by atoms with Crippen LogP contribution in [0.2, 0.25) is 0 Å². The van der Waals surface area contributed by atoms with Crippen LogP contribution in [0.5, 0.6) is 0 Å². The molecule has 0 aliphatic carbocycles.